The summed E-state index contributed by atoms with van der Waals surface area (Å²) in [4.78, 5) is 12.1. The largest absolute Gasteiger partial charge is 0.463 e. The van der Waals surface area contributed by atoms with Crippen LogP contribution in [-0.4, -0.2) is 29.5 Å². The molecule has 1 saturated heterocycles. The van der Waals surface area contributed by atoms with Crippen LogP contribution in [0.4, 0.5) is 22.0 Å². The van der Waals surface area contributed by atoms with Crippen molar-refractivity contribution in [2.75, 3.05) is 6.54 Å². The molecule has 8 heteroatoms. The number of amides is 1. The molecule has 0 bridgehead atoms. The standard InChI is InChI=1S/C11H10F5NOS/c12-10(13,11(14,15)16)9(18)17-4-1-2-8(17)7-3-5-19-6-7/h3,5-6,8H,1-2,4H2. The number of likely N-dealkylation sites (tertiary alicyclic amines) is 1. The molecule has 2 heterocycles. The van der Waals surface area contributed by atoms with Crippen LogP contribution in [0.2, 0.25) is 0 Å². The Bertz CT molecular complexity index is 456. The Hall–Kier alpha value is -1.18. The first-order valence-electron chi connectivity index (χ1n) is 5.53. The van der Waals surface area contributed by atoms with Crippen LogP contribution in [0, 0.1) is 0 Å². The third-order valence-electron chi connectivity index (χ3n) is 3.07. The monoisotopic (exact) mass is 299 g/mol. The molecule has 1 aliphatic heterocycles. The quantitative estimate of drug-likeness (QED) is 0.764. The van der Waals surface area contributed by atoms with Gasteiger partial charge in [-0.3, -0.25) is 4.79 Å². The second-order valence-electron chi connectivity index (χ2n) is 4.29. The first-order chi connectivity index (χ1) is 8.75. The zero-order chi connectivity index (χ0) is 14.3. The second-order valence-corrected chi connectivity index (χ2v) is 5.07. The molecule has 0 radical (unpaired) electrons. The van der Waals surface area contributed by atoms with E-state index in [-0.39, 0.29) is 6.54 Å². The molecule has 19 heavy (non-hydrogen) atoms. The SMILES string of the molecule is O=C(N1CCCC1c1ccsc1)C(F)(F)C(F)(F)F. The molecule has 1 amide bonds. The van der Waals surface area contributed by atoms with Crippen molar-refractivity contribution >= 4 is 17.2 Å². The topological polar surface area (TPSA) is 20.3 Å². The maximum absolute atomic E-state index is 13.1. The molecule has 1 unspecified atom stereocenters. The van der Waals surface area contributed by atoms with Crippen LogP contribution in [0.15, 0.2) is 16.8 Å². The van der Waals surface area contributed by atoms with E-state index >= 15 is 0 Å². The molecule has 1 atom stereocenters. The molecule has 1 aromatic heterocycles. The highest BCUT2D eigenvalue weighted by molar-refractivity contribution is 7.07. The van der Waals surface area contributed by atoms with Gasteiger partial charge in [0.25, 0.3) is 0 Å². The van der Waals surface area contributed by atoms with Crippen LogP contribution < -0.4 is 0 Å². The molecule has 0 saturated carbocycles. The maximum atomic E-state index is 13.1. The molecule has 0 aliphatic carbocycles. The number of halogens is 5. The van der Waals surface area contributed by atoms with Crippen molar-refractivity contribution in [2.24, 2.45) is 0 Å². The van der Waals surface area contributed by atoms with Gasteiger partial charge in [-0.2, -0.15) is 33.3 Å². The van der Waals surface area contributed by atoms with E-state index in [0.717, 1.165) is 0 Å². The maximum Gasteiger partial charge on any atom is 0.463 e. The summed E-state index contributed by atoms with van der Waals surface area (Å²) in [5, 5.41) is 3.35. The van der Waals surface area contributed by atoms with E-state index in [1.165, 1.54) is 11.3 Å². The molecule has 106 valence electrons. The highest BCUT2D eigenvalue weighted by atomic mass is 32.1. The summed E-state index contributed by atoms with van der Waals surface area (Å²) in [6, 6.07) is 0.944. The van der Waals surface area contributed by atoms with Crippen molar-refractivity contribution in [3.05, 3.63) is 22.4 Å². The normalized spacial score (nSPS) is 20.9. The molecule has 2 nitrogen and oxygen atoms in total. The predicted octanol–water partition coefficient (Wildman–Crippen LogP) is 3.61. The minimum Gasteiger partial charge on any atom is -0.330 e. The minimum absolute atomic E-state index is 0.0784. The molecule has 0 aromatic carbocycles. The van der Waals surface area contributed by atoms with Gasteiger partial charge in [0.2, 0.25) is 0 Å². The van der Waals surface area contributed by atoms with Gasteiger partial charge in [-0.05, 0) is 35.2 Å². The minimum atomic E-state index is -5.86. The zero-order valence-electron chi connectivity index (χ0n) is 9.58. The van der Waals surface area contributed by atoms with Gasteiger partial charge in [0.1, 0.15) is 0 Å². The molecule has 1 aromatic rings. The molecule has 1 aliphatic rings. The van der Waals surface area contributed by atoms with Crippen LogP contribution in [0.5, 0.6) is 0 Å². The zero-order valence-corrected chi connectivity index (χ0v) is 10.4. The average molecular weight is 299 g/mol. The number of hydrogen-bond donors (Lipinski definition) is 0. The molecular weight excluding hydrogens is 289 g/mol. The fraction of sp³-hybridized carbons (Fsp3) is 0.545. The number of thiophene rings is 1. The van der Waals surface area contributed by atoms with Gasteiger partial charge in [0.05, 0.1) is 6.04 Å². The van der Waals surface area contributed by atoms with Gasteiger partial charge in [-0.1, -0.05) is 0 Å². The second kappa shape index (κ2) is 4.73. The van der Waals surface area contributed by atoms with E-state index in [2.05, 4.69) is 0 Å². The van der Waals surface area contributed by atoms with Crippen molar-refractivity contribution in [1.82, 2.24) is 4.90 Å². The van der Waals surface area contributed by atoms with Gasteiger partial charge in [0, 0.05) is 6.54 Å². The highest BCUT2D eigenvalue weighted by Crippen LogP contribution is 2.41. The summed E-state index contributed by atoms with van der Waals surface area (Å²) in [5.41, 5.74) is 0.605. The highest BCUT2D eigenvalue weighted by Gasteiger charge is 2.65. The van der Waals surface area contributed by atoms with Gasteiger partial charge in [0.15, 0.2) is 0 Å². The molecule has 1 fully saturated rings. The van der Waals surface area contributed by atoms with Gasteiger partial charge in [-0.15, -0.1) is 0 Å². The number of hydrogen-bond acceptors (Lipinski definition) is 2. The van der Waals surface area contributed by atoms with Crippen molar-refractivity contribution in [2.45, 2.75) is 31.0 Å². The van der Waals surface area contributed by atoms with Gasteiger partial charge in [-0.25, -0.2) is 0 Å². The van der Waals surface area contributed by atoms with Crippen LogP contribution in [-0.2, 0) is 4.79 Å². The number of carbonyl (C=O) groups excluding carboxylic acids is 1. The lowest BCUT2D eigenvalue weighted by Gasteiger charge is -2.29. The Labute approximate surface area is 109 Å². The Morgan fingerprint density at radius 2 is 2.00 bits per heavy atom. The summed E-state index contributed by atoms with van der Waals surface area (Å²) in [6.07, 6.45) is -5.04. The van der Waals surface area contributed by atoms with E-state index in [4.69, 9.17) is 0 Å². The summed E-state index contributed by atoms with van der Waals surface area (Å²) in [5.74, 6) is -7.49. The third-order valence-corrected chi connectivity index (χ3v) is 3.77. The predicted molar refractivity (Wildman–Crippen MR) is 59.0 cm³/mol. The van der Waals surface area contributed by atoms with Crippen molar-refractivity contribution in [3.8, 4) is 0 Å². The summed E-state index contributed by atoms with van der Waals surface area (Å²) in [6.45, 7) is -0.0784. The van der Waals surface area contributed by atoms with Crippen LogP contribution in [0.25, 0.3) is 0 Å². The Morgan fingerprint density at radius 1 is 1.32 bits per heavy atom. The summed E-state index contributed by atoms with van der Waals surface area (Å²) in [7, 11) is 0. The fourth-order valence-electron chi connectivity index (χ4n) is 2.12. The number of alkyl halides is 5. The van der Waals surface area contributed by atoms with E-state index in [0.29, 0.717) is 23.3 Å². The van der Waals surface area contributed by atoms with E-state index < -0.39 is 24.0 Å². The molecule has 0 spiro atoms. The van der Waals surface area contributed by atoms with Gasteiger partial charge >= 0.3 is 18.0 Å². The lowest BCUT2D eigenvalue weighted by Crippen LogP contribution is -2.51. The first kappa shape index (κ1) is 14.2. The van der Waals surface area contributed by atoms with Crippen molar-refractivity contribution in [1.29, 1.82) is 0 Å². The van der Waals surface area contributed by atoms with Crippen LogP contribution >= 0.6 is 11.3 Å². The average Bonchev–Trinajstić information content (AvgIpc) is 2.96. The Morgan fingerprint density at radius 3 is 2.53 bits per heavy atom. The van der Waals surface area contributed by atoms with Crippen molar-refractivity contribution < 1.29 is 26.7 Å². The van der Waals surface area contributed by atoms with Crippen LogP contribution in [0.1, 0.15) is 24.4 Å². The van der Waals surface area contributed by atoms with Crippen molar-refractivity contribution in [3.63, 3.8) is 0 Å². The summed E-state index contributed by atoms with van der Waals surface area (Å²) >= 11 is 1.31. The Kier molecular flexibility index (Phi) is 3.55. The van der Waals surface area contributed by atoms with E-state index in [9.17, 15) is 26.7 Å². The molecular formula is C11H10F5NOS. The molecule has 2 rings (SSSR count). The lowest BCUT2D eigenvalue weighted by molar-refractivity contribution is -0.274. The van der Waals surface area contributed by atoms with E-state index in [1.54, 1.807) is 16.8 Å². The van der Waals surface area contributed by atoms with Gasteiger partial charge < -0.3 is 4.90 Å². The smallest absolute Gasteiger partial charge is 0.330 e. The number of rotatable bonds is 2. The first-order valence-corrected chi connectivity index (χ1v) is 6.47. The fourth-order valence-corrected chi connectivity index (χ4v) is 2.83. The van der Waals surface area contributed by atoms with E-state index in [1.807, 2.05) is 0 Å². The lowest BCUT2D eigenvalue weighted by atomic mass is 10.1. The Balaban J connectivity index is 2.24. The summed E-state index contributed by atoms with van der Waals surface area (Å²) < 4.78 is 62.8. The van der Waals surface area contributed by atoms with Crippen LogP contribution in [0.3, 0.4) is 0 Å². The molecule has 0 N–H and O–H groups in total. The third kappa shape index (κ3) is 2.45. The number of nitrogens with zero attached hydrogens (tertiary/aromatic N) is 1. The number of carbonyl (C=O) groups is 1.